The molecule has 0 saturated carbocycles. The molecule has 0 aromatic heterocycles. The van der Waals surface area contributed by atoms with Crippen LogP contribution in [-0.4, -0.2) is 35.3 Å². The first-order valence-corrected chi connectivity index (χ1v) is 3.26. The zero-order valence-electron chi connectivity index (χ0n) is 5.66. The van der Waals surface area contributed by atoms with Crippen LogP contribution in [0.25, 0.3) is 0 Å². The van der Waals surface area contributed by atoms with Gasteiger partial charge in [-0.3, -0.25) is 0 Å². The van der Waals surface area contributed by atoms with Crippen molar-refractivity contribution in [2.75, 3.05) is 13.2 Å². The second-order valence-electron chi connectivity index (χ2n) is 2.42. The van der Waals surface area contributed by atoms with Crippen LogP contribution in [0.15, 0.2) is 5.16 Å². The molecule has 1 aliphatic rings. The van der Waals surface area contributed by atoms with Crippen molar-refractivity contribution in [3.05, 3.63) is 0 Å². The molecule has 1 saturated heterocycles. The maximum atomic E-state index is 8.82. The van der Waals surface area contributed by atoms with Crippen molar-refractivity contribution in [3.63, 3.8) is 0 Å². The first-order valence-electron chi connectivity index (χ1n) is 3.26. The Kier molecular flexibility index (Phi) is 2.24. The lowest BCUT2D eigenvalue weighted by Crippen LogP contribution is -2.34. The topological polar surface area (TPSA) is 62.1 Å². The predicted octanol–water partition coefficient (Wildman–Crippen LogP) is -0.0121. The highest BCUT2D eigenvalue weighted by atomic mass is 16.5. The highest BCUT2D eigenvalue weighted by Crippen LogP contribution is 2.22. The second-order valence-corrected chi connectivity index (χ2v) is 2.42. The Morgan fingerprint density at radius 2 is 2.50 bits per heavy atom. The maximum Gasteiger partial charge on any atom is 0.129 e. The summed E-state index contributed by atoms with van der Waals surface area (Å²) >= 11 is 0. The van der Waals surface area contributed by atoms with E-state index in [2.05, 4.69) is 5.16 Å². The Labute approximate surface area is 59.1 Å². The summed E-state index contributed by atoms with van der Waals surface area (Å²) in [6, 6.07) is 0. The fraction of sp³-hybridized carbons (Fsp3) is 0.833. The predicted molar refractivity (Wildman–Crippen MR) is 35.3 cm³/mol. The van der Waals surface area contributed by atoms with Crippen LogP contribution in [0.5, 0.6) is 0 Å². The van der Waals surface area contributed by atoms with Gasteiger partial charge in [-0.1, -0.05) is 5.16 Å². The van der Waals surface area contributed by atoms with E-state index in [1.807, 2.05) is 0 Å². The molecule has 4 heteroatoms. The zero-order valence-corrected chi connectivity index (χ0v) is 5.66. The third-order valence-corrected chi connectivity index (χ3v) is 1.69. The van der Waals surface area contributed by atoms with Crippen LogP contribution < -0.4 is 0 Å². The van der Waals surface area contributed by atoms with Crippen molar-refractivity contribution in [2.24, 2.45) is 5.16 Å². The summed E-state index contributed by atoms with van der Waals surface area (Å²) in [5.41, 5.74) is -0.700. The molecule has 4 nitrogen and oxygen atoms in total. The largest absolute Gasteiger partial charge is 0.411 e. The van der Waals surface area contributed by atoms with E-state index in [1.165, 1.54) is 6.21 Å². The van der Waals surface area contributed by atoms with E-state index in [1.54, 1.807) is 0 Å². The minimum absolute atomic E-state index is 0.114. The van der Waals surface area contributed by atoms with E-state index >= 15 is 0 Å². The summed E-state index contributed by atoms with van der Waals surface area (Å²) in [6.07, 6.45) is 2.89. The zero-order chi connectivity index (χ0) is 7.45. The molecular formula is C6H11NO3. The SMILES string of the molecule is OCC1(C=NO)CCCO1. The van der Waals surface area contributed by atoms with Crippen molar-refractivity contribution in [3.8, 4) is 0 Å². The van der Waals surface area contributed by atoms with E-state index in [9.17, 15) is 0 Å². The normalized spacial score (nSPS) is 33.7. The van der Waals surface area contributed by atoms with Gasteiger partial charge in [-0.15, -0.1) is 0 Å². The summed E-state index contributed by atoms with van der Waals surface area (Å²) in [5, 5.41) is 19.9. The Morgan fingerprint density at radius 3 is 2.90 bits per heavy atom. The third kappa shape index (κ3) is 1.27. The molecule has 1 atom stereocenters. The molecule has 0 bridgehead atoms. The number of rotatable bonds is 2. The van der Waals surface area contributed by atoms with Gasteiger partial charge in [-0.2, -0.15) is 0 Å². The van der Waals surface area contributed by atoms with Crippen molar-refractivity contribution in [1.29, 1.82) is 0 Å². The Hall–Kier alpha value is -0.610. The van der Waals surface area contributed by atoms with Gasteiger partial charge in [0.1, 0.15) is 5.60 Å². The molecule has 1 unspecified atom stereocenters. The van der Waals surface area contributed by atoms with Crippen LogP contribution in [0, 0.1) is 0 Å². The highest BCUT2D eigenvalue weighted by Gasteiger charge is 2.32. The van der Waals surface area contributed by atoms with Crippen molar-refractivity contribution < 1.29 is 15.1 Å². The van der Waals surface area contributed by atoms with E-state index in [0.717, 1.165) is 12.8 Å². The molecule has 1 heterocycles. The van der Waals surface area contributed by atoms with Gasteiger partial charge in [0.2, 0.25) is 0 Å². The average molecular weight is 145 g/mol. The Bertz CT molecular complexity index is 129. The number of nitrogens with zero attached hydrogens (tertiary/aromatic N) is 1. The molecule has 0 spiro atoms. The Balaban J connectivity index is 2.57. The number of aliphatic hydroxyl groups excluding tert-OH is 1. The number of hydrogen-bond donors (Lipinski definition) is 2. The van der Waals surface area contributed by atoms with Gasteiger partial charge in [-0.05, 0) is 12.8 Å². The number of hydrogen-bond acceptors (Lipinski definition) is 4. The van der Waals surface area contributed by atoms with Gasteiger partial charge < -0.3 is 15.1 Å². The quantitative estimate of drug-likeness (QED) is 0.326. The van der Waals surface area contributed by atoms with Gasteiger partial charge in [0.05, 0.1) is 12.8 Å². The number of oxime groups is 1. The fourth-order valence-corrected chi connectivity index (χ4v) is 1.09. The fourth-order valence-electron chi connectivity index (χ4n) is 1.09. The van der Waals surface area contributed by atoms with E-state index < -0.39 is 5.60 Å². The molecule has 0 aromatic carbocycles. The molecule has 0 amide bonds. The standard InChI is InChI=1S/C6H11NO3/c8-5-6(4-7-9)2-1-3-10-6/h4,8-9H,1-3,5H2. The Morgan fingerprint density at radius 1 is 1.70 bits per heavy atom. The second kappa shape index (κ2) is 2.98. The van der Waals surface area contributed by atoms with Crippen LogP contribution in [0.2, 0.25) is 0 Å². The molecule has 1 aliphatic heterocycles. The van der Waals surface area contributed by atoms with Crippen LogP contribution >= 0.6 is 0 Å². The summed E-state index contributed by atoms with van der Waals surface area (Å²) < 4.78 is 5.17. The van der Waals surface area contributed by atoms with Crippen molar-refractivity contribution in [2.45, 2.75) is 18.4 Å². The molecule has 58 valence electrons. The lowest BCUT2D eigenvalue weighted by molar-refractivity contribution is 0.0161. The van der Waals surface area contributed by atoms with Gasteiger partial charge in [0.15, 0.2) is 0 Å². The summed E-state index contributed by atoms with van der Waals surface area (Å²) in [5.74, 6) is 0. The lowest BCUT2D eigenvalue weighted by atomic mass is 10.0. The van der Waals surface area contributed by atoms with Crippen LogP contribution in [-0.2, 0) is 4.74 Å². The van der Waals surface area contributed by atoms with E-state index in [-0.39, 0.29) is 6.61 Å². The summed E-state index contributed by atoms with van der Waals surface area (Å²) in [7, 11) is 0. The highest BCUT2D eigenvalue weighted by molar-refractivity contribution is 5.68. The first-order chi connectivity index (χ1) is 4.83. The third-order valence-electron chi connectivity index (χ3n) is 1.69. The molecule has 0 aliphatic carbocycles. The van der Waals surface area contributed by atoms with Gasteiger partial charge in [0.25, 0.3) is 0 Å². The van der Waals surface area contributed by atoms with Crippen LogP contribution in [0.1, 0.15) is 12.8 Å². The molecule has 0 aromatic rings. The van der Waals surface area contributed by atoms with E-state index in [0.29, 0.717) is 6.61 Å². The van der Waals surface area contributed by atoms with Gasteiger partial charge in [-0.25, -0.2) is 0 Å². The molecule has 1 rings (SSSR count). The maximum absolute atomic E-state index is 8.82. The molecule has 10 heavy (non-hydrogen) atoms. The van der Waals surface area contributed by atoms with Gasteiger partial charge in [0, 0.05) is 6.61 Å². The monoisotopic (exact) mass is 145 g/mol. The average Bonchev–Trinajstić information content (AvgIpc) is 2.39. The molecular weight excluding hydrogens is 134 g/mol. The van der Waals surface area contributed by atoms with Crippen molar-refractivity contribution in [1.82, 2.24) is 0 Å². The van der Waals surface area contributed by atoms with E-state index in [4.69, 9.17) is 15.1 Å². The summed E-state index contributed by atoms with van der Waals surface area (Å²) in [4.78, 5) is 0. The number of ether oxygens (including phenoxy) is 1. The molecule has 1 fully saturated rings. The summed E-state index contributed by atoms with van der Waals surface area (Å²) in [6.45, 7) is 0.518. The molecule has 2 N–H and O–H groups in total. The van der Waals surface area contributed by atoms with Gasteiger partial charge >= 0.3 is 0 Å². The smallest absolute Gasteiger partial charge is 0.129 e. The van der Waals surface area contributed by atoms with Crippen molar-refractivity contribution >= 4 is 6.21 Å². The van der Waals surface area contributed by atoms with Crippen LogP contribution in [0.3, 0.4) is 0 Å². The minimum atomic E-state index is -0.700. The number of aliphatic hydroxyl groups is 1. The van der Waals surface area contributed by atoms with Crippen LogP contribution in [0.4, 0.5) is 0 Å². The molecule has 0 radical (unpaired) electrons. The minimum Gasteiger partial charge on any atom is -0.411 e. The lowest BCUT2D eigenvalue weighted by Gasteiger charge is -2.18. The first kappa shape index (κ1) is 7.50.